The van der Waals surface area contributed by atoms with Crippen LogP contribution in [0.1, 0.15) is 71.1 Å². The van der Waals surface area contributed by atoms with Crippen LogP contribution in [0.3, 0.4) is 0 Å². The molecule has 212 valence electrons. The summed E-state index contributed by atoms with van der Waals surface area (Å²) in [4.78, 5) is 16.5. The van der Waals surface area contributed by atoms with Crippen molar-refractivity contribution in [1.29, 1.82) is 5.41 Å². The lowest BCUT2D eigenvalue weighted by molar-refractivity contribution is -0.278. The quantitative estimate of drug-likeness (QED) is 0.463. The Balaban J connectivity index is 1.28. The summed E-state index contributed by atoms with van der Waals surface area (Å²) in [5.74, 6) is -1.04. The first kappa shape index (κ1) is 25.2. The maximum atomic E-state index is 13.3. The molecule has 6 aliphatic rings. The molecule has 1 amide bonds. The molecular formula is C32H39N3O5. The maximum absolute atomic E-state index is 13.3. The van der Waals surface area contributed by atoms with Crippen LogP contribution in [-0.4, -0.2) is 63.6 Å². The summed E-state index contributed by atoms with van der Waals surface area (Å²) in [6.07, 6.45) is 5.38. The van der Waals surface area contributed by atoms with E-state index in [1.54, 1.807) is 0 Å². The van der Waals surface area contributed by atoms with Crippen molar-refractivity contribution in [1.82, 2.24) is 10.3 Å². The highest BCUT2D eigenvalue weighted by Gasteiger charge is 2.77. The van der Waals surface area contributed by atoms with Crippen LogP contribution in [0, 0.1) is 16.7 Å². The number of aromatic amines is 1. The minimum Gasteiger partial charge on any atom is -0.382 e. The first-order valence-electron chi connectivity index (χ1n) is 14.9. The number of hydrogen-bond acceptors (Lipinski definition) is 6. The Morgan fingerprint density at radius 2 is 1.98 bits per heavy atom. The molecule has 2 aliphatic heterocycles. The number of ether oxygens (including phenoxy) is 3. The van der Waals surface area contributed by atoms with Gasteiger partial charge in [0, 0.05) is 45.5 Å². The number of carbonyl (C=O) groups excluding carboxylic acids is 1. The van der Waals surface area contributed by atoms with Gasteiger partial charge in [-0.2, -0.15) is 0 Å². The third kappa shape index (κ3) is 2.91. The van der Waals surface area contributed by atoms with Crippen LogP contribution >= 0.6 is 0 Å². The van der Waals surface area contributed by atoms with Crippen molar-refractivity contribution in [3.8, 4) is 0 Å². The second-order valence-corrected chi connectivity index (χ2v) is 14.1. The van der Waals surface area contributed by atoms with Crippen molar-refractivity contribution in [3.05, 3.63) is 47.2 Å². The number of para-hydroxylation sites is 1. The Hall–Kier alpha value is -2.52. The average molecular weight is 546 g/mol. The number of carbonyl (C=O) groups is 1. The summed E-state index contributed by atoms with van der Waals surface area (Å²) < 4.78 is 19.7. The van der Waals surface area contributed by atoms with Crippen LogP contribution in [0.4, 0.5) is 0 Å². The number of rotatable bonds is 4. The van der Waals surface area contributed by atoms with Crippen molar-refractivity contribution < 1.29 is 24.1 Å². The molecule has 2 aromatic rings. The minimum atomic E-state index is -1.52. The highest BCUT2D eigenvalue weighted by Crippen LogP contribution is 2.72. The highest BCUT2D eigenvalue weighted by molar-refractivity contribution is 5.99. The van der Waals surface area contributed by atoms with E-state index in [1.807, 2.05) is 19.9 Å². The zero-order valence-corrected chi connectivity index (χ0v) is 23.7. The minimum absolute atomic E-state index is 0.106. The molecule has 3 saturated carbocycles. The number of aliphatic hydroxyl groups is 1. The smallest absolute Gasteiger partial charge is 0.246 e. The van der Waals surface area contributed by atoms with Crippen LogP contribution in [0.15, 0.2) is 35.9 Å². The van der Waals surface area contributed by atoms with Crippen LogP contribution in [0.25, 0.3) is 10.9 Å². The number of fused-ring (bicyclic) bond motifs is 9. The Morgan fingerprint density at radius 3 is 2.75 bits per heavy atom. The third-order valence-corrected chi connectivity index (χ3v) is 11.6. The normalized spacial score (nSPS) is 42.6. The average Bonchev–Trinajstić information content (AvgIpc) is 3.50. The van der Waals surface area contributed by atoms with E-state index in [1.165, 1.54) is 16.6 Å². The fourth-order valence-corrected chi connectivity index (χ4v) is 9.31. The molecule has 4 fully saturated rings. The molecule has 1 aromatic carbocycles. The van der Waals surface area contributed by atoms with E-state index in [2.05, 4.69) is 48.4 Å². The summed E-state index contributed by atoms with van der Waals surface area (Å²) in [7, 11) is 0. The van der Waals surface area contributed by atoms with Gasteiger partial charge in [-0.15, -0.1) is 0 Å². The van der Waals surface area contributed by atoms with E-state index in [-0.39, 0.29) is 24.5 Å². The third-order valence-electron chi connectivity index (χ3n) is 11.6. The Morgan fingerprint density at radius 1 is 1.20 bits per heavy atom. The fraction of sp³-hybridized carbons (Fsp3) is 0.625. The summed E-state index contributed by atoms with van der Waals surface area (Å²) in [6, 6.07) is 8.68. The van der Waals surface area contributed by atoms with E-state index < -0.39 is 40.0 Å². The molecule has 2 bridgehead atoms. The zero-order valence-electron chi connectivity index (χ0n) is 23.7. The Bertz CT molecular complexity index is 1510. The van der Waals surface area contributed by atoms with Crippen molar-refractivity contribution in [2.75, 3.05) is 6.61 Å². The molecule has 7 atom stereocenters. The molecule has 4 N–H and O–H groups in total. The summed E-state index contributed by atoms with van der Waals surface area (Å²) in [5.41, 5.74) is 1.22. The molecular weight excluding hydrogens is 506 g/mol. The van der Waals surface area contributed by atoms with Gasteiger partial charge in [0.15, 0.2) is 5.79 Å². The van der Waals surface area contributed by atoms with Crippen molar-refractivity contribution in [2.24, 2.45) is 11.3 Å². The lowest BCUT2D eigenvalue weighted by Gasteiger charge is -2.67. The lowest BCUT2D eigenvalue weighted by atomic mass is 9.41. The fourth-order valence-electron chi connectivity index (χ4n) is 9.31. The number of benzene rings is 1. The van der Waals surface area contributed by atoms with Crippen LogP contribution in [0.5, 0.6) is 0 Å². The summed E-state index contributed by atoms with van der Waals surface area (Å²) in [6.45, 7) is 8.29. The van der Waals surface area contributed by atoms with Gasteiger partial charge in [0.1, 0.15) is 18.3 Å². The van der Waals surface area contributed by atoms with Gasteiger partial charge in [-0.05, 0) is 69.6 Å². The molecule has 3 heterocycles. The molecule has 0 radical (unpaired) electrons. The van der Waals surface area contributed by atoms with Gasteiger partial charge < -0.3 is 35.0 Å². The molecule has 40 heavy (non-hydrogen) atoms. The topological polar surface area (TPSA) is 117 Å². The summed E-state index contributed by atoms with van der Waals surface area (Å²) >= 11 is 0. The number of H-pyrrole nitrogens is 1. The van der Waals surface area contributed by atoms with Crippen molar-refractivity contribution in [3.63, 3.8) is 0 Å². The number of nitrogens with one attached hydrogen (secondary N) is 3. The molecule has 8 nitrogen and oxygen atoms in total. The van der Waals surface area contributed by atoms with Gasteiger partial charge in [0.25, 0.3) is 0 Å². The molecule has 4 aliphatic carbocycles. The van der Waals surface area contributed by atoms with Crippen molar-refractivity contribution in [2.45, 2.75) is 107 Å². The van der Waals surface area contributed by atoms with E-state index >= 15 is 0 Å². The number of amides is 1. The second-order valence-electron chi connectivity index (χ2n) is 14.1. The predicted molar refractivity (Wildman–Crippen MR) is 149 cm³/mol. The van der Waals surface area contributed by atoms with E-state index in [0.29, 0.717) is 30.5 Å². The van der Waals surface area contributed by atoms with Gasteiger partial charge >= 0.3 is 0 Å². The van der Waals surface area contributed by atoms with Crippen LogP contribution in [0.2, 0.25) is 0 Å². The second kappa shape index (κ2) is 7.65. The maximum Gasteiger partial charge on any atom is 0.246 e. The SMILES string of the molecule is CC1(C)OC23CCC4(C)[C@@]5(C)c6[nH]c7ccccc7c6C[C@@H]5C[C@H](OCC(=O)NC5CC5)[C@@]4(O)C2=CC(=N)C1O3. The van der Waals surface area contributed by atoms with E-state index in [0.717, 1.165) is 24.8 Å². The van der Waals surface area contributed by atoms with Crippen molar-refractivity contribution >= 4 is 22.5 Å². The molecule has 3 unspecified atom stereocenters. The zero-order chi connectivity index (χ0) is 27.9. The first-order valence-corrected chi connectivity index (χ1v) is 14.9. The first-order chi connectivity index (χ1) is 18.9. The lowest BCUT2D eigenvalue weighted by Crippen LogP contribution is -2.75. The van der Waals surface area contributed by atoms with Crippen LogP contribution < -0.4 is 5.32 Å². The molecule has 8 heteroatoms. The van der Waals surface area contributed by atoms with Crippen LogP contribution in [-0.2, 0) is 30.8 Å². The molecule has 1 spiro atoms. The largest absolute Gasteiger partial charge is 0.382 e. The number of aromatic nitrogens is 1. The van der Waals surface area contributed by atoms with E-state index in [4.69, 9.17) is 19.6 Å². The van der Waals surface area contributed by atoms with Gasteiger partial charge in [-0.3, -0.25) is 4.79 Å². The standard InChI is InChI=1S/C32H39N3O5/c1-28(2)27-21(33)15-23-31(39-27,40-28)12-11-29(3)30(4)17(13-20-19-7-5-6-8-22(19)35-26(20)30)14-24(32(23,29)37)38-16-25(36)34-18-9-10-18/h5-8,15,17-18,24,27,33,35,37H,9-14,16H2,1-4H3,(H,34,36)/t17-,24+,27?,29?,30-,31?,32+/m1/s1. The number of hydrogen-bond donors (Lipinski definition) is 4. The van der Waals surface area contributed by atoms with Gasteiger partial charge in [-0.25, -0.2) is 0 Å². The van der Waals surface area contributed by atoms with E-state index in [9.17, 15) is 9.90 Å². The van der Waals surface area contributed by atoms with Gasteiger partial charge in [0.05, 0.1) is 17.4 Å². The molecule has 1 aromatic heterocycles. The monoisotopic (exact) mass is 545 g/mol. The van der Waals surface area contributed by atoms with Gasteiger partial charge in [-0.1, -0.05) is 32.0 Å². The van der Waals surface area contributed by atoms with Gasteiger partial charge in [0.2, 0.25) is 5.91 Å². The summed E-state index contributed by atoms with van der Waals surface area (Å²) in [5, 5.41) is 26.5. The Kier molecular flexibility index (Phi) is 4.82. The molecule has 1 saturated heterocycles. The molecule has 8 rings (SSSR count). The highest BCUT2D eigenvalue weighted by atomic mass is 16.8. The Labute approximate surface area is 234 Å². The predicted octanol–water partition coefficient (Wildman–Crippen LogP) is 4.05.